The van der Waals surface area contributed by atoms with Crippen LogP contribution < -0.4 is 10.6 Å². The Balaban J connectivity index is 1.48. The molecule has 1 aliphatic heterocycles. The second-order valence-corrected chi connectivity index (χ2v) is 7.88. The van der Waals surface area contributed by atoms with Gasteiger partial charge in [0.15, 0.2) is 0 Å². The van der Waals surface area contributed by atoms with E-state index in [0.29, 0.717) is 33.4 Å². The number of aryl methyl sites for hydroxylation is 1. The molecule has 1 saturated heterocycles. The van der Waals surface area contributed by atoms with Crippen molar-refractivity contribution in [2.24, 2.45) is 7.05 Å². The van der Waals surface area contributed by atoms with Crippen LogP contribution in [0.15, 0.2) is 48.9 Å². The van der Waals surface area contributed by atoms with Crippen LogP contribution in [0.4, 0.5) is 24.7 Å². The molecule has 2 aromatic carbocycles. The molecule has 162 valence electrons. The van der Waals surface area contributed by atoms with E-state index in [4.69, 9.17) is 5.73 Å². The van der Waals surface area contributed by atoms with Crippen molar-refractivity contribution in [1.29, 1.82) is 0 Å². The van der Waals surface area contributed by atoms with Gasteiger partial charge in [0, 0.05) is 55.0 Å². The monoisotopic (exact) mass is 437 g/mol. The van der Waals surface area contributed by atoms with Crippen LogP contribution in [0.3, 0.4) is 0 Å². The topological polar surface area (TPSA) is 77.0 Å². The molecule has 32 heavy (non-hydrogen) atoms. The fourth-order valence-corrected chi connectivity index (χ4v) is 4.32. The molecule has 1 atom stereocenters. The van der Waals surface area contributed by atoms with Gasteiger partial charge in [-0.15, -0.1) is 0 Å². The van der Waals surface area contributed by atoms with Gasteiger partial charge >= 0.3 is 0 Å². The fraction of sp³-hybridized carbons (Fsp3) is 0.174. The van der Waals surface area contributed by atoms with Gasteiger partial charge in [-0.3, -0.25) is 4.79 Å². The number of carbonyl (C=O) groups is 1. The first-order valence-corrected chi connectivity index (χ1v) is 9.93. The van der Waals surface area contributed by atoms with Gasteiger partial charge in [-0.2, -0.15) is 0 Å². The van der Waals surface area contributed by atoms with E-state index in [0.717, 1.165) is 6.07 Å². The minimum absolute atomic E-state index is 0.0868. The molecule has 0 radical (unpaired) electrons. The molecule has 6 nitrogen and oxygen atoms in total. The molecule has 5 rings (SSSR count). The second-order valence-electron chi connectivity index (χ2n) is 7.88. The number of fused-ring (bicyclic) bond motifs is 1. The van der Waals surface area contributed by atoms with Crippen molar-refractivity contribution >= 4 is 28.4 Å². The Morgan fingerprint density at radius 3 is 2.50 bits per heavy atom. The predicted octanol–water partition coefficient (Wildman–Crippen LogP) is 4.16. The van der Waals surface area contributed by atoms with E-state index in [-0.39, 0.29) is 30.6 Å². The first-order valence-electron chi connectivity index (χ1n) is 9.93. The van der Waals surface area contributed by atoms with Gasteiger partial charge in [-0.1, -0.05) is 0 Å². The zero-order valence-electron chi connectivity index (χ0n) is 17.0. The number of carbonyl (C=O) groups excluding carboxylic acids is 1. The molecule has 2 N–H and O–H groups in total. The molecule has 0 bridgehead atoms. The number of anilines is 2. The summed E-state index contributed by atoms with van der Waals surface area (Å²) >= 11 is 0. The fourth-order valence-electron chi connectivity index (χ4n) is 4.32. The standard InChI is InChI=1S/C23H18F3N5O/c1-30-10-18(21-22(27)28-11-29-23(21)30)17-3-2-16(8-19(17)26)31-9-13(6-20(31)32)12-4-14(24)7-15(25)5-12/h2-5,7-8,10-11,13H,6,9H2,1H3,(H2,27,28,29). The van der Waals surface area contributed by atoms with Gasteiger partial charge in [0.1, 0.15) is 35.2 Å². The van der Waals surface area contributed by atoms with Crippen molar-refractivity contribution in [2.45, 2.75) is 12.3 Å². The van der Waals surface area contributed by atoms with Crippen LogP contribution in [0.2, 0.25) is 0 Å². The van der Waals surface area contributed by atoms with Crippen LogP contribution in [0.25, 0.3) is 22.2 Å². The van der Waals surface area contributed by atoms with E-state index in [1.807, 2.05) is 0 Å². The van der Waals surface area contributed by atoms with E-state index >= 15 is 4.39 Å². The highest BCUT2D eigenvalue weighted by atomic mass is 19.1. The number of aromatic nitrogens is 3. The quantitative estimate of drug-likeness (QED) is 0.522. The Kier molecular flexibility index (Phi) is 4.61. The molecule has 9 heteroatoms. The molecule has 1 amide bonds. The van der Waals surface area contributed by atoms with Crippen molar-refractivity contribution in [3.8, 4) is 11.1 Å². The van der Waals surface area contributed by atoms with Gasteiger partial charge in [0.2, 0.25) is 5.91 Å². The van der Waals surface area contributed by atoms with Crippen LogP contribution in [-0.2, 0) is 11.8 Å². The zero-order chi connectivity index (χ0) is 22.6. The summed E-state index contributed by atoms with van der Waals surface area (Å²) in [6, 6.07) is 7.73. The Labute approximate surface area is 181 Å². The molecule has 1 fully saturated rings. The van der Waals surface area contributed by atoms with Gasteiger partial charge in [-0.05, 0) is 35.9 Å². The average Bonchev–Trinajstić information content (AvgIpc) is 3.28. The number of hydrogen-bond acceptors (Lipinski definition) is 4. The van der Waals surface area contributed by atoms with Gasteiger partial charge in [0.25, 0.3) is 0 Å². The summed E-state index contributed by atoms with van der Waals surface area (Å²) in [7, 11) is 1.78. The lowest BCUT2D eigenvalue weighted by atomic mass is 9.98. The van der Waals surface area contributed by atoms with Crippen LogP contribution in [-0.4, -0.2) is 27.0 Å². The number of halogens is 3. The average molecular weight is 437 g/mol. The van der Waals surface area contributed by atoms with Crippen molar-refractivity contribution in [3.05, 3.63) is 71.9 Å². The second kappa shape index (κ2) is 7.37. The summed E-state index contributed by atoms with van der Waals surface area (Å²) in [5, 5.41) is 0.548. The summed E-state index contributed by atoms with van der Waals surface area (Å²) in [5.74, 6) is -2.31. The minimum Gasteiger partial charge on any atom is -0.383 e. The molecule has 1 aliphatic rings. The van der Waals surface area contributed by atoms with E-state index < -0.39 is 17.5 Å². The molecular formula is C23H18F3N5O. The Hall–Kier alpha value is -3.88. The third-order valence-electron chi connectivity index (χ3n) is 5.82. The molecular weight excluding hydrogens is 419 g/mol. The number of rotatable bonds is 3. The number of nitrogen functional groups attached to an aromatic ring is 1. The van der Waals surface area contributed by atoms with Gasteiger partial charge in [0.05, 0.1) is 5.39 Å². The van der Waals surface area contributed by atoms with E-state index in [1.165, 1.54) is 29.4 Å². The summed E-state index contributed by atoms with van der Waals surface area (Å²) in [5.41, 5.74) is 8.21. The lowest BCUT2D eigenvalue weighted by molar-refractivity contribution is -0.117. The van der Waals surface area contributed by atoms with E-state index in [9.17, 15) is 13.6 Å². The molecule has 0 spiro atoms. The number of nitrogens with two attached hydrogens (primary N) is 1. The maximum Gasteiger partial charge on any atom is 0.227 e. The number of benzene rings is 2. The summed E-state index contributed by atoms with van der Waals surface area (Å²) in [6.45, 7) is 0.204. The molecule has 0 aliphatic carbocycles. The normalized spacial score (nSPS) is 16.3. The highest BCUT2D eigenvalue weighted by molar-refractivity contribution is 6.01. The number of nitrogens with zero attached hydrogens (tertiary/aromatic N) is 4. The lowest BCUT2D eigenvalue weighted by Crippen LogP contribution is -2.24. The molecule has 1 unspecified atom stereocenters. The van der Waals surface area contributed by atoms with Crippen LogP contribution in [0.5, 0.6) is 0 Å². The van der Waals surface area contributed by atoms with Crippen LogP contribution >= 0.6 is 0 Å². The Morgan fingerprint density at radius 1 is 1.03 bits per heavy atom. The van der Waals surface area contributed by atoms with Crippen LogP contribution in [0, 0.1) is 17.5 Å². The number of amides is 1. The SMILES string of the molecule is Cn1cc(-c2ccc(N3CC(c4cc(F)cc(F)c4)CC3=O)cc2F)c2c(N)ncnc21. The first-order chi connectivity index (χ1) is 15.3. The van der Waals surface area contributed by atoms with Crippen molar-refractivity contribution < 1.29 is 18.0 Å². The van der Waals surface area contributed by atoms with E-state index in [2.05, 4.69) is 9.97 Å². The molecule has 3 heterocycles. The Bertz CT molecular complexity index is 1360. The highest BCUT2D eigenvalue weighted by Gasteiger charge is 2.32. The Morgan fingerprint density at radius 2 is 1.78 bits per heavy atom. The largest absolute Gasteiger partial charge is 0.383 e. The van der Waals surface area contributed by atoms with Gasteiger partial charge in [-0.25, -0.2) is 23.1 Å². The van der Waals surface area contributed by atoms with Crippen molar-refractivity contribution in [3.63, 3.8) is 0 Å². The summed E-state index contributed by atoms with van der Waals surface area (Å²) in [4.78, 5) is 22.2. The highest BCUT2D eigenvalue weighted by Crippen LogP contribution is 2.37. The smallest absolute Gasteiger partial charge is 0.227 e. The summed E-state index contributed by atoms with van der Waals surface area (Å²) < 4.78 is 44.1. The molecule has 0 saturated carbocycles. The third-order valence-corrected chi connectivity index (χ3v) is 5.82. The predicted molar refractivity (Wildman–Crippen MR) is 114 cm³/mol. The summed E-state index contributed by atoms with van der Waals surface area (Å²) in [6.07, 6.45) is 3.16. The van der Waals surface area contributed by atoms with Crippen molar-refractivity contribution in [1.82, 2.24) is 14.5 Å². The van der Waals surface area contributed by atoms with E-state index in [1.54, 1.807) is 29.9 Å². The third kappa shape index (κ3) is 3.26. The van der Waals surface area contributed by atoms with Gasteiger partial charge < -0.3 is 15.2 Å². The first kappa shape index (κ1) is 20.0. The number of hydrogen-bond donors (Lipinski definition) is 1. The van der Waals surface area contributed by atoms with Crippen molar-refractivity contribution in [2.75, 3.05) is 17.2 Å². The maximum atomic E-state index is 15.2. The lowest BCUT2D eigenvalue weighted by Gasteiger charge is -2.18. The molecule has 4 aromatic rings. The zero-order valence-corrected chi connectivity index (χ0v) is 17.0. The molecule has 2 aromatic heterocycles. The van der Waals surface area contributed by atoms with Crippen LogP contribution in [0.1, 0.15) is 17.9 Å². The minimum atomic E-state index is -0.695. The maximum absolute atomic E-state index is 15.2.